The normalized spacial score (nSPS) is 12.2. The Morgan fingerprint density at radius 3 is 2.53 bits per heavy atom. The summed E-state index contributed by atoms with van der Waals surface area (Å²) in [5.41, 5.74) is 0.938. The Balaban J connectivity index is 2.10. The Labute approximate surface area is 123 Å². The van der Waals surface area contributed by atoms with Crippen molar-refractivity contribution in [1.82, 2.24) is 5.32 Å². The number of halogens is 2. The van der Waals surface area contributed by atoms with Crippen molar-refractivity contribution in [2.75, 3.05) is 13.7 Å². The van der Waals surface area contributed by atoms with Crippen molar-refractivity contribution in [3.63, 3.8) is 0 Å². The Kier molecular flexibility index (Phi) is 5.08. The predicted octanol–water partition coefficient (Wildman–Crippen LogP) is 4.33. The van der Waals surface area contributed by atoms with E-state index >= 15 is 0 Å². The molecule has 0 radical (unpaired) electrons. The van der Waals surface area contributed by atoms with E-state index in [9.17, 15) is 0 Å². The van der Waals surface area contributed by atoms with E-state index in [0.29, 0.717) is 16.7 Å². The Hall–Kier alpha value is -1.22. The highest BCUT2D eigenvalue weighted by atomic mass is 35.5. The second-order valence-electron chi connectivity index (χ2n) is 4.13. The minimum atomic E-state index is -0.00796. The van der Waals surface area contributed by atoms with E-state index in [4.69, 9.17) is 27.9 Å². The molecule has 2 nitrogen and oxygen atoms in total. The summed E-state index contributed by atoms with van der Waals surface area (Å²) >= 11 is 12.2. The highest BCUT2D eigenvalue weighted by Gasteiger charge is 2.14. The molecule has 1 N–H and O–H groups in total. The zero-order valence-corrected chi connectivity index (χ0v) is 12.1. The number of ether oxygens (including phenoxy) is 1. The summed E-state index contributed by atoms with van der Waals surface area (Å²) in [5, 5.41) is 4.54. The van der Waals surface area contributed by atoms with E-state index in [2.05, 4.69) is 5.32 Å². The zero-order chi connectivity index (χ0) is 13.7. The third kappa shape index (κ3) is 3.87. The van der Waals surface area contributed by atoms with E-state index in [1.165, 1.54) is 0 Å². The Morgan fingerprint density at radius 1 is 1.11 bits per heavy atom. The highest BCUT2D eigenvalue weighted by Crippen LogP contribution is 2.26. The van der Waals surface area contributed by atoms with Gasteiger partial charge in [0.15, 0.2) is 0 Å². The van der Waals surface area contributed by atoms with Crippen molar-refractivity contribution in [2.45, 2.75) is 6.04 Å². The minimum Gasteiger partial charge on any atom is -0.492 e. The van der Waals surface area contributed by atoms with Crippen LogP contribution in [0.2, 0.25) is 10.0 Å². The van der Waals surface area contributed by atoms with Gasteiger partial charge >= 0.3 is 0 Å². The fourth-order valence-electron chi connectivity index (χ4n) is 1.81. The molecule has 0 amide bonds. The number of likely N-dealkylation sites (N-methyl/N-ethyl adjacent to an activating group) is 1. The van der Waals surface area contributed by atoms with Gasteiger partial charge in [0.2, 0.25) is 0 Å². The maximum atomic E-state index is 6.20. The predicted molar refractivity (Wildman–Crippen MR) is 80.2 cm³/mol. The van der Waals surface area contributed by atoms with Gasteiger partial charge in [0, 0.05) is 10.0 Å². The fourth-order valence-corrected chi connectivity index (χ4v) is 2.24. The molecule has 0 aliphatic carbocycles. The summed E-state index contributed by atoms with van der Waals surface area (Å²) in [6.45, 7) is 0.487. The second-order valence-corrected chi connectivity index (χ2v) is 4.97. The fraction of sp³-hybridized carbons (Fsp3) is 0.200. The van der Waals surface area contributed by atoms with Gasteiger partial charge in [-0.3, -0.25) is 0 Å². The maximum Gasteiger partial charge on any atom is 0.119 e. The maximum absolute atomic E-state index is 6.20. The number of nitrogens with one attached hydrogen (secondary N) is 1. The molecule has 0 spiro atoms. The van der Waals surface area contributed by atoms with Crippen molar-refractivity contribution >= 4 is 23.2 Å². The standard InChI is InChI=1S/C15H15Cl2NO/c1-18-15(10-19-12-5-3-2-4-6-12)13-9-11(16)7-8-14(13)17/h2-9,15,18H,10H2,1H3. The molecule has 0 aromatic heterocycles. The SMILES string of the molecule is CNC(COc1ccccc1)c1cc(Cl)ccc1Cl. The summed E-state index contributed by atoms with van der Waals surface area (Å²) in [4.78, 5) is 0. The van der Waals surface area contributed by atoms with Gasteiger partial charge in [-0.05, 0) is 42.9 Å². The summed E-state index contributed by atoms with van der Waals surface area (Å²) in [6.07, 6.45) is 0. The smallest absolute Gasteiger partial charge is 0.119 e. The molecule has 4 heteroatoms. The lowest BCUT2D eigenvalue weighted by molar-refractivity contribution is 0.273. The van der Waals surface area contributed by atoms with E-state index in [1.807, 2.05) is 43.4 Å². The van der Waals surface area contributed by atoms with Gasteiger partial charge < -0.3 is 10.1 Å². The Morgan fingerprint density at radius 2 is 1.84 bits per heavy atom. The van der Waals surface area contributed by atoms with Crippen LogP contribution in [0.3, 0.4) is 0 Å². The first-order chi connectivity index (χ1) is 9.20. The number of benzene rings is 2. The molecule has 0 fully saturated rings. The van der Waals surface area contributed by atoms with Crippen molar-refractivity contribution in [2.24, 2.45) is 0 Å². The van der Waals surface area contributed by atoms with Gasteiger partial charge in [-0.15, -0.1) is 0 Å². The summed E-state index contributed by atoms with van der Waals surface area (Å²) < 4.78 is 5.74. The van der Waals surface area contributed by atoms with Gasteiger partial charge in [0.25, 0.3) is 0 Å². The van der Waals surface area contributed by atoms with E-state index < -0.39 is 0 Å². The molecule has 0 saturated heterocycles. The van der Waals surface area contributed by atoms with Crippen LogP contribution >= 0.6 is 23.2 Å². The van der Waals surface area contributed by atoms with E-state index in [0.717, 1.165) is 11.3 Å². The van der Waals surface area contributed by atoms with Gasteiger partial charge in [0.1, 0.15) is 12.4 Å². The van der Waals surface area contributed by atoms with Crippen molar-refractivity contribution in [3.8, 4) is 5.75 Å². The molecular formula is C15H15Cl2NO. The van der Waals surface area contributed by atoms with Crippen molar-refractivity contribution in [3.05, 3.63) is 64.1 Å². The molecule has 2 rings (SSSR count). The molecule has 1 unspecified atom stereocenters. The lowest BCUT2D eigenvalue weighted by atomic mass is 10.1. The Bertz CT molecular complexity index is 531. The van der Waals surface area contributed by atoms with Crippen LogP contribution in [0, 0.1) is 0 Å². The summed E-state index contributed by atoms with van der Waals surface area (Å²) in [6, 6.07) is 15.1. The zero-order valence-electron chi connectivity index (χ0n) is 10.6. The molecule has 0 bridgehead atoms. The number of rotatable bonds is 5. The average Bonchev–Trinajstić information content (AvgIpc) is 2.44. The monoisotopic (exact) mass is 295 g/mol. The number of hydrogen-bond acceptors (Lipinski definition) is 2. The van der Waals surface area contributed by atoms with Crippen molar-refractivity contribution in [1.29, 1.82) is 0 Å². The van der Waals surface area contributed by atoms with Gasteiger partial charge in [-0.25, -0.2) is 0 Å². The quantitative estimate of drug-likeness (QED) is 0.886. The molecular weight excluding hydrogens is 281 g/mol. The molecule has 19 heavy (non-hydrogen) atoms. The number of para-hydroxylation sites is 1. The molecule has 0 aliphatic heterocycles. The van der Waals surface area contributed by atoms with Crippen LogP contribution in [-0.4, -0.2) is 13.7 Å². The molecule has 0 heterocycles. The lowest BCUT2D eigenvalue weighted by Gasteiger charge is -2.19. The van der Waals surface area contributed by atoms with Gasteiger partial charge in [-0.2, -0.15) is 0 Å². The van der Waals surface area contributed by atoms with Crippen molar-refractivity contribution < 1.29 is 4.74 Å². The third-order valence-corrected chi connectivity index (χ3v) is 3.42. The first kappa shape index (κ1) is 14.2. The minimum absolute atomic E-state index is 0.00796. The average molecular weight is 296 g/mol. The third-order valence-electron chi connectivity index (χ3n) is 2.84. The molecule has 2 aromatic carbocycles. The molecule has 100 valence electrons. The van der Waals surface area contributed by atoms with Gasteiger partial charge in [-0.1, -0.05) is 41.4 Å². The van der Waals surface area contributed by atoms with Crippen LogP contribution in [0.25, 0.3) is 0 Å². The lowest BCUT2D eigenvalue weighted by Crippen LogP contribution is -2.23. The van der Waals surface area contributed by atoms with E-state index in [-0.39, 0.29) is 6.04 Å². The number of hydrogen-bond donors (Lipinski definition) is 1. The van der Waals surface area contributed by atoms with Crippen LogP contribution in [0.1, 0.15) is 11.6 Å². The van der Waals surface area contributed by atoms with Crippen LogP contribution in [0.15, 0.2) is 48.5 Å². The van der Waals surface area contributed by atoms with Crippen LogP contribution < -0.4 is 10.1 Å². The van der Waals surface area contributed by atoms with Crippen LogP contribution in [-0.2, 0) is 0 Å². The second kappa shape index (κ2) is 6.80. The molecule has 1 atom stereocenters. The topological polar surface area (TPSA) is 21.3 Å². The summed E-state index contributed by atoms with van der Waals surface area (Å²) in [5.74, 6) is 0.834. The molecule has 2 aromatic rings. The van der Waals surface area contributed by atoms with Crippen LogP contribution in [0.4, 0.5) is 0 Å². The van der Waals surface area contributed by atoms with Crippen LogP contribution in [0.5, 0.6) is 5.75 Å². The first-order valence-electron chi connectivity index (χ1n) is 6.01. The summed E-state index contributed by atoms with van der Waals surface area (Å²) in [7, 11) is 1.87. The molecule has 0 saturated carbocycles. The highest BCUT2D eigenvalue weighted by molar-refractivity contribution is 6.33. The largest absolute Gasteiger partial charge is 0.492 e. The first-order valence-corrected chi connectivity index (χ1v) is 6.76. The van der Waals surface area contributed by atoms with Gasteiger partial charge in [0.05, 0.1) is 6.04 Å². The van der Waals surface area contributed by atoms with E-state index in [1.54, 1.807) is 12.1 Å². The molecule has 0 aliphatic rings.